The minimum atomic E-state index is -4.54. The molecule has 400 valence electrons. The lowest BCUT2D eigenvalue weighted by atomic mass is 9.72. The largest absolute Gasteiger partial charge is 0.416 e. The number of rotatable bonds is 19. The number of amides is 5. The highest BCUT2D eigenvalue weighted by atomic mass is 19.4. The minimum absolute atomic E-state index is 0.00856. The zero-order valence-corrected chi connectivity index (χ0v) is 42.9. The highest BCUT2D eigenvalue weighted by molar-refractivity contribution is 5.94. The second kappa shape index (κ2) is 24.4. The number of carbonyl (C=O) groups excluding carboxylic acids is 5. The maximum Gasteiger partial charge on any atom is 0.416 e. The lowest BCUT2D eigenvalue weighted by Gasteiger charge is -2.45. The number of allylic oxidation sites excluding steroid dienone is 1. The van der Waals surface area contributed by atoms with Crippen molar-refractivity contribution < 1.29 is 46.6 Å². The van der Waals surface area contributed by atoms with Crippen molar-refractivity contribution in [2.45, 2.75) is 140 Å². The normalized spacial score (nSPS) is 28.2. The molecule has 0 spiro atoms. The molecule has 5 heterocycles. The number of hydrogen-bond acceptors (Lipinski definition) is 12. The summed E-state index contributed by atoms with van der Waals surface area (Å²) in [5.41, 5.74) is -0.468. The zero-order chi connectivity index (χ0) is 51.8. The van der Waals surface area contributed by atoms with E-state index in [-0.39, 0.29) is 83.2 Å². The summed E-state index contributed by atoms with van der Waals surface area (Å²) < 4.78 is 52.2. The van der Waals surface area contributed by atoms with Crippen LogP contribution in [0.25, 0.3) is 10.9 Å². The van der Waals surface area contributed by atoms with Gasteiger partial charge in [-0.15, -0.1) is 0 Å². The van der Waals surface area contributed by atoms with Gasteiger partial charge in [0.2, 0.25) is 29.5 Å². The van der Waals surface area contributed by atoms with Crippen LogP contribution >= 0.6 is 0 Å². The van der Waals surface area contributed by atoms with Gasteiger partial charge in [0.05, 0.1) is 68.0 Å². The maximum absolute atomic E-state index is 14.1. The van der Waals surface area contributed by atoms with E-state index in [4.69, 9.17) is 9.47 Å². The SMILES string of the molecule is CC(C)N(C)[C@@H]1CC[C@H](N2CC[C@H](Nc3ncnc4ccc(C(F)(F)F)cc34)C2=O)[C@H](NC(=O)C2CCC(C3CCN(C(=O)CCOCCOCCNC(=O)[C@H]4CC(=O)N(C)[C@@H]4C4C=NC=CC4)CC3)CC2)C1. The lowest BCUT2D eigenvalue weighted by molar-refractivity contribution is -0.137. The van der Waals surface area contributed by atoms with Crippen molar-refractivity contribution in [3.05, 3.63) is 42.4 Å². The second-order valence-electron chi connectivity index (χ2n) is 21.4. The van der Waals surface area contributed by atoms with Gasteiger partial charge >= 0.3 is 6.18 Å². The number of hydrogen-bond donors (Lipinski definition) is 3. The summed E-state index contributed by atoms with van der Waals surface area (Å²) in [5, 5.41) is 9.71. The Morgan fingerprint density at radius 3 is 2.34 bits per heavy atom. The Balaban J connectivity index is 0.730. The van der Waals surface area contributed by atoms with Crippen molar-refractivity contribution in [1.29, 1.82) is 0 Å². The predicted molar refractivity (Wildman–Crippen MR) is 269 cm³/mol. The van der Waals surface area contributed by atoms with Crippen molar-refractivity contribution in [2.75, 3.05) is 72.0 Å². The smallest absolute Gasteiger partial charge is 0.379 e. The van der Waals surface area contributed by atoms with Gasteiger partial charge in [0.15, 0.2) is 0 Å². The van der Waals surface area contributed by atoms with Gasteiger partial charge in [0.1, 0.15) is 18.2 Å². The van der Waals surface area contributed by atoms with Crippen LogP contribution in [0.2, 0.25) is 0 Å². The number of benzene rings is 1. The average molecular weight is 1020 g/mol. The third kappa shape index (κ3) is 13.2. The molecule has 2 aromatic rings. The highest BCUT2D eigenvalue weighted by Crippen LogP contribution is 2.40. The number of fused-ring (bicyclic) bond motifs is 1. The van der Waals surface area contributed by atoms with Gasteiger partial charge in [0.25, 0.3) is 0 Å². The monoisotopic (exact) mass is 1020 g/mol. The zero-order valence-electron chi connectivity index (χ0n) is 42.9. The van der Waals surface area contributed by atoms with Gasteiger partial charge < -0.3 is 45.0 Å². The first-order chi connectivity index (χ1) is 35.1. The number of aliphatic imine (C=N–C) groups is 1. The van der Waals surface area contributed by atoms with Crippen LogP contribution in [0, 0.1) is 29.6 Å². The molecule has 1 aromatic heterocycles. The number of nitrogens with zero attached hydrogens (tertiary/aromatic N) is 7. The van der Waals surface area contributed by atoms with Crippen molar-refractivity contribution in [2.24, 2.45) is 34.6 Å². The number of nitrogens with one attached hydrogen (secondary N) is 3. The molecule has 7 atom stereocenters. The predicted octanol–water partition coefficient (Wildman–Crippen LogP) is 5.44. The summed E-state index contributed by atoms with van der Waals surface area (Å²) in [5.74, 6) is 0.426. The fourth-order valence-corrected chi connectivity index (χ4v) is 12.4. The molecular weight excluding hydrogens is 946 g/mol. The molecule has 8 rings (SSSR count). The molecule has 20 heteroatoms. The Kier molecular flexibility index (Phi) is 18.1. The molecule has 17 nitrogen and oxygen atoms in total. The fourth-order valence-electron chi connectivity index (χ4n) is 12.4. The van der Waals surface area contributed by atoms with Crippen LogP contribution in [0.5, 0.6) is 0 Å². The molecule has 0 bridgehead atoms. The quantitative estimate of drug-likeness (QED) is 0.152. The first-order valence-corrected chi connectivity index (χ1v) is 26.6. The summed E-state index contributed by atoms with van der Waals surface area (Å²) in [4.78, 5) is 87.2. The minimum Gasteiger partial charge on any atom is -0.379 e. The first-order valence-electron chi connectivity index (χ1n) is 26.6. The van der Waals surface area contributed by atoms with Crippen LogP contribution in [-0.2, 0) is 39.6 Å². The number of aromatic nitrogens is 2. The highest BCUT2D eigenvalue weighted by Gasteiger charge is 2.46. The van der Waals surface area contributed by atoms with E-state index in [9.17, 15) is 37.1 Å². The van der Waals surface area contributed by atoms with Gasteiger partial charge in [0, 0.05) is 81.4 Å². The van der Waals surface area contributed by atoms with Gasteiger partial charge in [-0.05, 0) is 122 Å². The Morgan fingerprint density at radius 2 is 1.63 bits per heavy atom. The second-order valence-corrected chi connectivity index (χ2v) is 21.4. The van der Waals surface area contributed by atoms with E-state index in [0.717, 1.165) is 69.9 Å². The van der Waals surface area contributed by atoms with E-state index in [1.807, 2.05) is 22.1 Å². The Morgan fingerprint density at radius 1 is 0.890 bits per heavy atom. The van der Waals surface area contributed by atoms with Gasteiger partial charge in [-0.25, -0.2) is 9.97 Å². The average Bonchev–Trinajstić information content (AvgIpc) is 3.91. The summed E-state index contributed by atoms with van der Waals surface area (Å²) in [6, 6.07) is 2.50. The standard InChI is InChI=1S/C53H75F3N10O7/c1-33(2)63(3)39-12-14-45(66-23-17-43(52(66)71)61-49-40-28-38(53(54,55)56)11-13-42(40)59-32-60-49)44(29-39)62-50(69)36-9-7-34(8-10-36)35-15-21-65(22-16-35)46(67)18-24-72-26-27-73-25-20-58-51(70)41-30-47(68)64(4)48(41)37-6-5-19-57-31-37/h5,11,13,19,28,31-37,39,41,43-45,48H,6-10,12,14-18,20-27,29-30H2,1-4H3,(H,58,70)(H,62,69)(H,59,60,61)/t34?,36?,37?,39-,41+,43+,44-,45+,48-/m1/s1. The Hall–Kier alpha value is -5.21. The number of ether oxygens (including phenoxy) is 2. The van der Waals surface area contributed by atoms with E-state index < -0.39 is 23.7 Å². The molecule has 3 saturated heterocycles. The third-order valence-corrected chi connectivity index (χ3v) is 16.8. The Bertz CT molecular complexity index is 2320. The molecule has 2 saturated carbocycles. The molecular formula is C53H75F3N10O7. The van der Waals surface area contributed by atoms with E-state index >= 15 is 0 Å². The molecule has 2 aliphatic carbocycles. The van der Waals surface area contributed by atoms with Crippen LogP contribution in [0.4, 0.5) is 19.0 Å². The number of alkyl halides is 3. The maximum atomic E-state index is 14.1. The van der Waals surface area contributed by atoms with Crippen LogP contribution in [0.1, 0.15) is 103 Å². The van der Waals surface area contributed by atoms with Crippen molar-refractivity contribution in [3.63, 3.8) is 0 Å². The topological polar surface area (TPSA) is 191 Å². The summed E-state index contributed by atoms with van der Waals surface area (Å²) >= 11 is 0. The number of piperidine rings is 1. The van der Waals surface area contributed by atoms with Gasteiger partial charge in [-0.2, -0.15) is 13.2 Å². The summed E-state index contributed by atoms with van der Waals surface area (Å²) in [6.07, 6.45) is 11.6. The molecule has 3 N–H and O–H groups in total. The van der Waals surface area contributed by atoms with Gasteiger partial charge in [-0.1, -0.05) is 6.08 Å². The number of anilines is 1. The number of halogens is 3. The molecule has 0 radical (unpaired) electrons. The van der Waals surface area contributed by atoms with Crippen molar-refractivity contribution >= 4 is 52.5 Å². The Labute approximate surface area is 426 Å². The van der Waals surface area contributed by atoms with E-state index in [1.165, 1.54) is 12.4 Å². The van der Waals surface area contributed by atoms with Crippen LogP contribution in [-0.4, -0.2) is 168 Å². The van der Waals surface area contributed by atoms with Crippen LogP contribution < -0.4 is 16.0 Å². The molecule has 73 heavy (non-hydrogen) atoms. The molecule has 1 unspecified atom stereocenters. The van der Waals surface area contributed by atoms with E-state index in [1.54, 1.807) is 18.1 Å². The molecule has 6 aliphatic rings. The lowest BCUT2D eigenvalue weighted by Crippen LogP contribution is -2.59. The summed E-state index contributed by atoms with van der Waals surface area (Å²) in [6.45, 7) is 7.80. The van der Waals surface area contributed by atoms with Crippen molar-refractivity contribution in [3.8, 4) is 0 Å². The molecule has 4 aliphatic heterocycles. The molecule has 5 fully saturated rings. The molecule has 1 aromatic carbocycles. The van der Waals surface area contributed by atoms with E-state index in [0.29, 0.717) is 95.3 Å². The summed E-state index contributed by atoms with van der Waals surface area (Å²) in [7, 11) is 3.86. The number of carbonyl (C=O) groups is 5. The molecule has 5 amide bonds. The van der Waals surface area contributed by atoms with Gasteiger partial charge in [-0.3, -0.25) is 29.0 Å². The van der Waals surface area contributed by atoms with Crippen molar-refractivity contribution in [1.82, 2.24) is 40.2 Å². The van der Waals surface area contributed by atoms with E-state index in [2.05, 4.69) is 56.7 Å². The van der Waals surface area contributed by atoms with Crippen LogP contribution in [0.3, 0.4) is 0 Å². The fraction of sp³-hybridized carbons (Fsp3) is 0.698. The third-order valence-electron chi connectivity index (χ3n) is 16.8. The first kappa shape index (κ1) is 54.1. The van der Waals surface area contributed by atoms with Crippen LogP contribution in [0.15, 0.2) is 41.8 Å². The number of likely N-dealkylation sites (tertiary alicyclic amines) is 3.